The molecule has 8 N–H and O–H groups in total. The third kappa shape index (κ3) is 20.3. The van der Waals surface area contributed by atoms with Gasteiger partial charge < -0.3 is 102 Å². The maximum atomic E-state index is 14.3. The predicted octanol–water partition coefficient (Wildman–Crippen LogP) is 4.94. The Morgan fingerprint density at radius 3 is 1.62 bits per heavy atom. The topological polar surface area (TPSA) is 333 Å². The monoisotopic (exact) mass is 1240 g/mol. The molecule has 0 saturated carbocycles. The number of carbonyl (C=O) groups is 3. The number of esters is 3. The maximum Gasteiger partial charge on any atom is 0.308 e. The Labute approximate surface area is 508 Å². The Hall–Kier alpha value is -2.31. The molecule has 24 nitrogen and oxygen atoms in total. The maximum absolute atomic E-state index is 14.3. The van der Waals surface area contributed by atoms with Crippen LogP contribution in [0.2, 0.25) is 0 Å². The molecule has 6 aliphatic rings. The molecule has 86 heavy (non-hydrogen) atoms. The second-order valence-corrected chi connectivity index (χ2v) is 25.2. The lowest BCUT2D eigenvalue weighted by Crippen LogP contribution is -2.68. The van der Waals surface area contributed by atoms with Gasteiger partial charge in [0.15, 0.2) is 49.8 Å². The highest BCUT2D eigenvalue weighted by molar-refractivity contribution is 5.72. The number of unbranched alkanes of at least 4 members (excludes halogenated alkanes) is 10. The van der Waals surface area contributed by atoms with E-state index in [4.69, 9.17) is 61.6 Å². The van der Waals surface area contributed by atoms with E-state index in [0.29, 0.717) is 19.3 Å². The lowest BCUT2D eigenvalue weighted by molar-refractivity contribution is -0.398. The summed E-state index contributed by atoms with van der Waals surface area (Å²) in [5.41, 5.74) is 0. The van der Waals surface area contributed by atoms with Crippen LogP contribution >= 0.6 is 0 Å². The fourth-order valence-corrected chi connectivity index (χ4v) is 12.2. The highest BCUT2D eigenvalue weighted by Gasteiger charge is 2.58. The smallest absolute Gasteiger partial charge is 0.308 e. The molecule has 0 spiro atoms. The van der Waals surface area contributed by atoms with Crippen LogP contribution in [0.1, 0.15) is 210 Å². The normalized spacial score (nSPS) is 41.7. The number of carbonyl (C=O) groups excluding carboxylic acids is 3. The third-order valence-corrected chi connectivity index (χ3v) is 17.6. The Balaban J connectivity index is 1.34. The first-order valence-electron chi connectivity index (χ1n) is 32.6. The number of hydrogen-bond acceptors (Lipinski definition) is 24. The fraction of sp³-hybridized carbons (Fsp3) is 0.952. The van der Waals surface area contributed by atoms with E-state index < -0.39 is 177 Å². The van der Waals surface area contributed by atoms with Crippen LogP contribution in [0.25, 0.3) is 0 Å². The molecule has 6 fully saturated rings. The van der Waals surface area contributed by atoms with Crippen LogP contribution in [-0.2, 0) is 76.0 Å². The highest BCUT2D eigenvalue weighted by atomic mass is 16.8. The van der Waals surface area contributed by atoms with Crippen molar-refractivity contribution in [2.75, 3.05) is 0 Å². The van der Waals surface area contributed by atoms with Crippen LogP contribution < -0.4 is 0 Å². The van der Waals surface area contributed by atoms with Crippen LogP contribution in [0.15, 0.2) is 0 Å². The summed E-state index contributed by atoms with van der Waals surface area (Å²) in [5, 5.41) is 92.1. The number of ether oxygens (including phenoxy) is 13. The van der Waals surface area contributed by atoms with Gasteiger partial charge in [-0.05, 0) is 60.3 Å². The lowest BCUT2D eigenvalue weighted by atomic mass is 9.95. The summed E-state index contributed by atoms with van der Waals surface area (Å²) in [7, 11) is 0. The van der Waals surface area contributed by atoms with Gasteiger partial charge >= 0.3 is 17.9 Å². The van der Waals surface area contributed by atoms with Gasteiger partial charge in [-0.3, -0.25) is 14.4 Å². The number of hydrogen-bond donors (Lipinski definition) is 8. The molecule has 6 aliphatic heterocycles. The van der Waals surface area contributed by atoms with Gasteiger partial charge in [0.1, 0.15) is 73.2 Å². The van der Waals surface area contributed by atoms with Gasteiger partial charge in [-0.1, -0.05) is 137 Å². The molecule has 0 unspecified atom stereocenters. The zero-order valence-electron chi connectivity index (χ0n) is 52.5. The Morgan fingerprint density at radius 2 is 0.953 bits per heavy atom. The van der Waals surface area contributed by atoms with Gasteiger partial charge in [-0.2, -0.15) is 0 Å². The molecule has 500 valence electrons. The van der Waals surface area contributed by atoms with Gasteiger partial charge in [0, 0.05) is 12.8 Å². The van der Waals surface area contributed by atoms with Crippen LogP contribution in [-0.4, -0.2) is 218 Å². The SMILES string of the molecule is CCCCCCCCCCCC(=O)O[C@H]1[C@H](O[C@@H]2[C@H]3OC(=O)CCCCCCCCC[C@@H](CCCCC)O[C@H]4O[C@H](C)[C@H](O)[C@H](O[C@H](O[C@H]2C)[C@@H]3O)[C@H]4O)O[C@@H](C)[C@H](O[C@@H]2O[C@@H](C)[C@H](OC(=O)C(C)C)[C@@H](O)[C@H]2O)[C@H]1O[C@@H]1O[C@@H](C)[C@H](O)[C@@H](O)[C@H]1O. The van der Waals surface area contributed by atoms with Crippen LogP contribution in [0.3, 0.4) is 0 Å². The summed E-state index contributed by atoms with van der Waals surface area (Å²) in [6.45, 7) is 15.1. The second-order valence-electron chi connectivity index (χ2n) is 25.2. The Morgan fingerprint density at radius 1 is 0.453 bits per heavy atom. The summed E-state index contributed by atoms with van der Waals surface area (Å²) >= 11 is 0. The van der Waals surface area contributed by atoms with E-state index >= 15 is 0 Å². The molecule has 6 saturated heterocycles. The summed E-state index contributed by atoms with van der Waals surface area (Å²) in [6, 6.07) is 0. The molecular formula is C62H108O24. The van der Waals surface area contributed by atoms with Crippen molar-refractivity contribution < 1.29 is 117 Å². The number of aliphatic hydroxyl groups is 8. The average molecular weight is 1240 g/mol. The summed E-state index contributed by atoms with van der Waals surface area (Å²) in [6.07, 6.45) is -19.4. The molecule has 6 rings (SSSR count). The van der Waals surface area contributed by atoms with Crippen molar-refractivity contribution in [2.45, 2.75) is 370 Å². The molecule has 26 atom stereocenters. The first kappa shape index (κ1) is 72.7. The van der Waals surface area contributed by atoms with Crippen molar-refractivity contribution in [3.63, 3.8) is 0 Å². The van der Waals surface area contributed by atoms with E-state index in [2.05, 4.69) is 13.8 Å². The third-order valence-electron chi connectivity index (χ3n) is 17.6. The fourth-order valence-electron chi connectivity index (χ4n) is 12.2. The van der Waals surface area contributed by atoms with E-state index in [1.807, 2.05) is 0 Å². The van der Waals surface area contributed by atoms with Gasteiger partial charge in [0.2, 0.25) is 0 Å². The van der Waals surface area contributed by atoms with Gasteiger partial charge in [0.05, 0.1) is 42.5 Å². The molecule has 24 heteroatoms. The Bertz CT molecular complexity index is 1970. The minimum Gasteiger partial charge on any atom is -0.457 e. The van der Waals surface area contributed by atoms with Crippen LogP contribution in [0.5, 0.6) is 0 Å². The first-order chi connectivity index (χ1) is 41.1. The van der Waals surface area contributed by atoms with E-state index in [0.717, 1.165) is 109 Å². The van der Waals surface area contributed by atoms with Gasteiger partial charge in [-0.15, -0.1) is 0 Å². The largest absolute Gasteiger partial charge is 0.457 e. The van der Waals surface area contributed by atoms with Crippen LogP contribution in [0.4, 0.5) is 0 Å². The summed E-state index contributed by atoms with van der Waals surface area (Å²) in [4.78, 5) is 41.0. The van der Waals surface area contributed by atoms with Crippen molar-refractivity contribution in [3.8, 4) is 0 Å². The molecule has 4 bridgehead atoms. The minimum absolute atomic E-state index is 0.0267. The van der Waals surface area contributed by atoms with Gasteiger partial charge in [0.25, 0.3) is 0 Å². The van der Waals surface area contributed by atoms with E-state index in [1.54, 1.807) is 27.7 Å². The standard InChI is InChI=1S/C62H108O24/c1-10-12-14-15-16-17-20-23-28-32-41(64)81-56-55(86-58-46(69)44(67)42(65)34(5)74-58)52(83-59-47(70)45(68)50(36(7)76-59)82-57(73)33(3)4)38(9)78-62(56)84-51-37(8)77-61-49(72)54(51)80-40(63)31-27-24-21-18-19-22-26-30-39(29-25-13-11-2)79-60-48(71)53(85-61)43(66)35(6)75-60/h33-39,42-56,58-62,65-72H,10-32H2,1-9H3/t34-,35+,36-,37-,38-,39+,42-,43-,44+,45-,46+,47+,48+,49+,50-,51-,52-,53-,54-,55+,56+,58-,59-,60+,61-,62-/m0/s1. The molecular weight excluding hydrogens is 1130 g/mol. The molecule has 0 aliphatic carbocycles. The molecule has 0 aromatic heterocycles. The molecule has 0 amide bonds. The zero-order valence-corrected chi connectivity index (χ0v) is 52.5. The van der Waals surface area contributed by atoms with Crippen molar-refractivity contribution in [2.24, 2.45) is 5.92 Å². The average Bonchev–Trinajstić information content (AvgIpc) is 1.18. The van der Waals surface area contributed by atoms with Crippen molar-refractivity contribution in [1.82, 2.24) is 0 Å². The second kappa shape index (κ2) is 36.1. The number of fused-ring (bicyclic) bond motifs is 4. The number of aliphatic hydroxyl groups excluding tert-OH is 8. The molecule has 0 aromatic rings. The quantitative estimate of drug-likeness (QED) is 0.0381. The van der Waals surface area contributed by atoms with E-state index in [9.17, 15) is 55.2 Å². The van der Waals surface area contributed by atoms with Crippen molar-refractivity contribution in [1.29, 1.82) is 0 Å². The lowest BCUT2D eigenvalue weighted by Gasteiger charge is -2.51. The summed E-state index contributed by atoms with van der Waals surface area (Å²) < 4.78 is 81.8. The van der Waals surface area contributed by atoms with Crippen molar-refractivity contribution in [3.05, 3.63) is 0 Å². The Kier molecular flexibility index (Phi) is 30.5. The van der Waals surface area contributed by atoms with Gasteiger partial charge in [-0.25, -0.2) is 0 Å². The predicted molar refractivity (Wildman–Crippen MR) is 306 cm³/mol. The molecule has 0 aromatic carbocycles. The van der Waals surface area contributed by atoms with E-state index in [-0.39, 0.29) is 18.9 Å². The summed E-state index contributed by atoms with van der Waals surface area (Å²) in [5.74, 6) is -2.66. The molecule has 0 radical (unpaired) electrons. The highest BCUT2D eigenvalue weighted by Crippen LogP contribution is 2.39. The minimum atomic E-state index is -1.91. The first-order valence-corrected chi connectivity index (χ1v) is 32.6. The zero-order chi connectivity index (χ0) is 62.8. The number of rotatable bonds is 23. The van der Waals surface area contributed by atoms with E-state index in [1.165, 1.54) is 27.2 Å². The molecule has 6 heterocycles. The van der Waals surface area contributed by atoms with Crippen molar-refractivity contribution >= 4 is 17.9 Å². The van der Waals surface area contributed by atoms with Crippen LogP contribution in [0, 0.1) is 5.92 Å².